The standard InChI is InChI=1S/C10H11N3OS/c1-7-3-4-10(15-7)9(14)5-8-6-13(2)12-11-8/h3-4,6H,5H2,1-2H3. The highest BCUT2D eigenvalue weighted by molar-refractivity contribution is 7.14. The fourth-order valence-electron chi connectivity index (χ4n) is 1.31. The molecule has 0 saturated carbocycles. The Bertz CT molecular complexity index is 486. The van der Waals surface area contributed by atoms with Crippen LogP contribution in [0.5, 0.6) is 0 Å². The van der Waals surface area contributed by atoms with Crippen LogP contribution in [0.2, 0.25) is 0 Å². The van der Waals surface area contributed by atoms with Crippen molar-refractivity contribution in [3.05, 3.63) is 33.8 Å². The first-order valence-corrected chi connectivity index (χ1v) is 5.41. The molecule has 2 rings (SSSR count). The number of nitrogens with zero attached hydrogens (tertiary/aromatic N) is 3. The van der Waals surface area contributed by atoms with Crippen LogP contribution >= 0.6 is 11.3 Å². The lowest BCUT2D eigenvalue weighted by molar-refractivity contribution is 0.0996. The van der Waals surface area contributed by atoms with Crippen LogP contribution < -0.4 is 0 Å². The zero-order valence-electron chi connectivity index (χ0n) is 8.60. The Kier molecular flexibility index (Phi) is 2.64. The van der Waals surface area contributed by atoms with Gasteiger partial charge in [-0.2, -0.15) is 0 Å². The molecule has 0 radical (unpaired) electrons. The van der Waals surface area contributed by atoms with Crippen LogP contribution in [-0.4, -0.2) is 20.8 Å². The minimum atomic E-state index is 0.105. The zero-order chi connectivity index (χ0) is 10.8. The number of aryl methyl sites for hydroxylation is 2. The molecule has 0 aliphatic rings. The van der Waals surface area contributed by atoms with Crippen molar-refractivity contribution in [2.45, 2.75) is 13.3 Å². The third kappa shape index (κ3) is 2.30. The minimum Gasteiger partial charge on any atom is -0.293 e. The van der Waals surface area contributed by atoms with E-state index in [4.69, 9.17) is 0 Å². The topological polar surface area (TPSA) is 47.8 Å². The van der Waals surface area contributed by atoms with E-state index >= 15 is 0 Å². The van der Waals surface area contributed by atoms with Gasteiger partial charge in [0.05, 0.1) is 17.0 Å². The van der Waals surface area contributed by atoms with Gasteiger partial charge in [-0.25, -0.2) is 0 Å². The summed E-state index contributed by atoms with van der Waals surface area (Å²) in [5, 5.41) is 7.67. The maximum absolute atomic E-state index is 11.8. The van der Waals surface area contributed by atoms with E-state index < -0.39 is 0 Å². The fraction of sp³-hybridized carbons (Fsp3) is 0.300. The molecule has 0 atom stereocenters. The highest BCUT2D eigenvalue weighted by Gasteiger charge is 2.11. The number of Topliss-reactive ketones (excluding diaryl/α,β-unsaturated/α-hetero) is 1. The molecule has 0 unspecified atom stereocenters. The predicted octanol–water partition coefficient (Wildman–Crippen LogP) is 1.61. The van der Waals surface area contributed by atoms with Crippen LogP contribution in [0.4, 0.5) is 0 Å². The first kappa shape index (κ1) is 10.0. The summed E-state index contributed by atoms with van der Waals surface area (Å²) >= 11 is 1.52. The molecule has 0 aromatic carbocycles. The molecule has 0 fully saturated rings. The highest BCUT2D eigenvalue weighted by atomic mass is 32.1. The Labute approximate surface area is 91.5 Å². The van der Waals surface area contributed by atoms with E-state index in [0.717, 1.165) is 9.75 Å². The summed E-state index contributed by atoms with van der Waals surface area (Å²) in [4.78, 5) is 13.7. The lowest BCUT2D eigenvalue weighted by atomic mass is 10.2. The molecule has 0 saturated heterocycles. The summed E-state index contributed by atoms with van der Waals surface area (Å²) in [5.41, 5.74) is 0.716. The van der Waals surface area contributed by atoms with Gasteiger partial charge in [-0.05, 0) is 19.1 Å². The van der Waals surface area contributed by atoms with Crippen molar-refractivity contribution in [2.24, 2.45) is 7.05 Å². The third-order valence-electron chi connectivity index (χ3n) is 2.01. The predicted molar refractivity (Wildman–Crippen MR) is 58.1 cm³/mol. The lowest BCUT2D eigenvalue weighted by Gasteiger charge is -1.92. The molecule has 2 aromatic rings. The molecule has 0 aliphatic heterocycles. The van der Waals surface area contributed by atoms with Gasteiger partial charge in [-0.15, -0.1) is 16.4 Å². The molecule has 0 amide bonds. The summed E-state index contributed by atoms with van der Waals surface area (Å²) in [6.45, 7) is 1.99. The normalized spacial score (nSPS) is 10.5. The average Bonchev–Trinajstić information content (AvgIpc) is 2.75. The summed E-state index contributed by atoms with van der Waals surface area (Å²) in [6.07, 6.45) is 2.09. The molecule has 0 aliphatic carbocycles. The Hall–Kier alpha value is -1.49. The number of ketones is 1. The largest absolute Gasteiger partial charge is 0.293 e. The van der Waals surface area contributed by atoms with Crippen LogP contribution in [0.15, 0.2) is 18.3 Å². The quantitative estimate of drug-likeness (QED) is 0.740. The molecule has 2 aromatic heterocycles. The van der Waals surface area contributed by atoms with Crippen molar-refractivity contribution < 1.29 is 4.79 Å². The minimum absolute atomic E-state index is 0.105. The molecule has 4 nitrogen and oxygen atoms in total. The Morgan fingerprint density at radius 3 is 2.87 bits per heavy atom. The van der Waals surface area contributed by atoms with Crippen LogP contribution in [-0.2, 0) is 13.5 Å². The summed E-state index contributed by atoms with van der Waals surface area (Å²) in [6, 6.07) is 3.81. The van der Waals surface area contributed by atoms with Crippen molar-refractivity contribution in [2.75, 3.05) is 0 Å². The number of hydrogen-bond acceptors (Lipinski definition) is 4. The van der Waals surface area contributed by atoms with Crippen LogP contribution in [0.3, 0.4) is 0 Å². The van der Waals surface area contributed by atoms with Crippen molar-refractivity contribution in [1.29, 1.82) is 0 Å². The van der Waals surface area contributed by atoms with E-state index in [0.29, 0.717) is 12.1 Å². The third-order valence-corrected chi connectivity index (χ3v) is 3.05. The number of carbonyl (C=O) groups excluding carboxylic acids is 1. The van der Waals surface area contributed by atoms with Crippen LogP contribution in [0.1, 0.15) is 20.2 Å². The van der Waals surface area contributed by atoms with Crippen LogP contribution in [0, 0.1) is 6.92 Å². The zero-order valence-corrected chi connectivity index (χ0v) is 9.41. The van der Waals surface area contributed by atoms with E-state index in [9.17, 15) is 4.79 Å². The second-order valence-corrected chi connectivity index (χ2v) is 4.68. The van der Waals surface area contributed by atoms with E-state index in [1.165, 1.54) is 11.3 Å². The van der Waals surface area contributed by atoms with Gasteiger partial charge in [0.25, 0.3) is 0 Å². The number of hydrogen-bond donors (Lipinski definition) is 0. The number of aromatic nitrogens is 3. The molecular formula is C10H11N3OS. The molecule has 0 spiro atoms. The van der Waals surface area contributed by atoms with Gasteiger partial charge in [0.1, 0.15) is 0 Å². The van der Waals surface area contributed by atoms with Crippen molar-refractivity contribution in [3.8, 4) is 0 Å². The van der Waals surface area contributed by atoms with Crippen molar-refractivity contribution >= 4 is 17.1 Å². The second kappa shape index (κ2) is 3.94. The lowest BCUT2D eigenvalue weighted by Crippen LogP contribution is -2.01. The van der Waals surface area contributed by atoms with E-state index in [-0.39, 0.29) is 5.78 Å². The van der Waals surface area contributed by atoms with E-state index in [2.05, 4.69) is 10.3 Å². The van der Waals surface area contributed by atoms with Crippen LogP contribution in [0.25, 0.3) is 0 Å². The number of rotatable bonds is 3. The smallest absolute Gasteiger partial charge is 0.178 e. The molecule has 15 heavy (non-hydrogen) atoms. The van der Waals surface area contributed by atoms with Gasteiger partial charge in [0.2, 0.25) is 0 Å². The summed E-state index contributed by atoms with van der Waals surface area (Å²) in [5.74, 6) is 0.105. The molecule has 5 heteroatoms. The first-order chi connectivity index (χ1) is 7.15. The highest BCUT2D eigenvalue weighted by Crippen LogP contribution is 2.16. The van der Waals surface area contributed by atoms with Gasteiger partial charge in [0.15, 0.2) is 5.78 Å². The van der Waals surface area contributed by atoms with Gasteiger partial charge in [0, 0.05) is 18.1 Å². The van der Waals surface area contributed by atoms with E-state index in [1.807, 2.05) is 19.1 Å². The SMILES string of the molecule is Cc1ccc(C(=O)Cc2cn(C)nn2)s1. The molecule has 0 N–H and O–H groups in total. The second-order valence-electron chi connectivity index (χ2n) is 3.39. The Morgan fingerprint density at radius 2 is 2.33 bits per heavy atom. The van der Waals surface area contributed by atoms with Crippen molar-refractivity contribution in [3.63, 3.8) is 0 Å². The van der Waals surface area contributed by atoms with Gasteiger partial charge in [-0.3, -0.25) is 9.48 Å². The average molecular weight is 221 g/mol. The van der Waals surface area contributed by atoms with Gasteiger partial charge in [-0.1, -0.05) is 5.21 Å². The maximum Gasteiger partial charge on any atom is 0.178 e. The monoisotopic (exact) mass is 221 g/mol. The molecule has 78 valence electrons. The van der Waals surface area contributed by atoms with Crippen molar-refractivity contribution in [1.82, 2.24) is 15.0 Å². The van der Waals surface area contributed by atoms with Gasteiger partial charge >= 0.3 is 0 Å². The van der Waals surface area contributed by atoms with E-state index in [1.54, 1.807) is 17.9 Å². The Balaban J connectivity index is 2.10. The fourth-order valence-corrected chi connectivity index (χ4v) is 2.12. The maximum atomic E-state index is 11.8. The number of carbonyl (C=O) groups is 1. The molecule has 0 bridgehead atoms. The summed E-state index contributed by atoms with van der Waals surface area (Å²) < 4.78 is 1.60. The molecular weight excluding hydrogens is 210 g/mol. The summed E-state index contributed by atoms with van der Waals surface area (Å²) in [7, 11) is 1.79. The van der Waals surface area contributed by atoms with Gasteiger partial charge < -0.3 is 0 Å². The molecule has 2 heterocycles. The number of thiophene rings is 1. The first-order valence-electron chi connectivity index (χ1n) is 4.60. The Morgan fingerprint density at radius 1 is 1.53 bits per heavy atom.